The van der Waals surface area contributed by atoms with E-state index in [1.165, 1.54) is 0 Å². The van der Waals surface area contributed by atoms with Crippen molar-refractivity contribution in [3.8, 4) is 0 Å². The van der Waals surface area contributed by atoms with Gasteiger partial charge in [0.1, 0.15) is 5.54 Å². The fourth-order valence-corrected chi connectivity index (χ4v) is 3.20. The summed E-state index contributed by atoms with van der Waals surface area (Å²) >= 11 is 0. The quantitative estimate of drug-likeness (QED) is 0.892. The molecule has 0 aromatic carbocycles. The predicted molar refractivity (Wildman–Crippen MR) is 82.2 cm³/mol. The number of amides is 1. The van der Waals surface area contributed by atoms with Crippen molar-refractivity contribution < 1.29 is 19.4 Å². The molecule has 6 nitrogen and oxygen atoms in total. The third-order valence-corrected chi connectivity index (χ3v) is 4.35. The average Bonchev–Trinajstić information content (AvgIpc) is 2.74. The van der Waals surface area contributed by atoms with Gasteiger partial charge in [0.25, 0.3) is 5.91 Å². The van der Waals surface area contributed by atoms with Crippen molar-refractivity contribution >= 4 is 11.9 Å². The van der Waals surface area contributed by atoms with Crippen molar-refractivity contribution in [3.05, 3.63) is 23.0 Å². The Morgan fingerprint density at radius 3 is 2.36 bits per heavy atom. The molecule has 0 bridgehead atoms. The summed E-state index contributed by atoms with van der Waals surface area (Å²) in [5.74, 6) is -1.33. The van der Waals surface area contributed by atoms with Crippen molar-refractivity contribution in [2.24, 2.45) is 0 Å². The van der Waals surface area contributed by atoms with E-state index in [-0.39, 0.29) is 24.8 Å². The molecule has 0 radical (unpaired) electrons. The third kappa shape index (κ3) is 2.88. The molecule has 1 aliphatic heterocycles. The maximum Gasteiger partial charge on any atom is 0.329 e. The number of carbonyl (C=O) groups is 2. The summed E-state index contributed by atoms with van der Waals surface area (Å²) < 4.78 is 7.30. The lowest BCUT2D eigenvalue weighted by molar-refractivity contribution is -0.148. The highest BCUT2D eigenvalue weighted by molar-refractivity contribution is 5.99. The van der Waals surface area contributed by atoms with Gasteiger partial charge in [0.05, 0.1) is 5.56 Å². The van der Waals surface area contributed by atoms with Crippen LogP contribution in [0, 0.1) is 13.8 Å². The minimum atomic E-state index is -1.23. The number of aromatic nitrogens is 1. The number of nitrogens with one attached hydrogen (secondary N) is 1. The van der Waals surface area contributed by atoms with Crippen LogP contribution in [0.3, 0.4) is 0 Å². The minimum absolute atomic E-state index is 0.248. The summed E-state index contributed by atoms with van der Waals surface area (Å²) in [5, 5.41) is 12.3. The van der Waals surface area contributed by atoms with Crippen LogP contribution in [0.2, 0.25) is 0 Å². The number of hydrogen-bond donors (Lipinski definition) is 2. The second kappa shape index (κ2) is 6.12. The Morgan fingerprint density at radius 2 is 1.91 bits per heavy atom. The lowest BCUT2D eigenvalue weighted by Crippen LogP contribution is -2.57. The van der Waals surface area contributed by atoms with Crippen LogP contribution in [0.1, 0.15) is 54.5 Å². The van der Waals surface area contributed by atoms with E-state index in [9.17, 15) is 14.7 Å². The van der Waals surface area contributed by atoms with Crippen LogP contribution in [0.4, 0.5) is 0 Å². The monoisotopic (exact) mass is 308 g/mol. The van der Waals surface area contributed by atoms with Gasteiger partial charge in [0.2, 0.25) is 0 Å². The Bertz CT molecular complexity index is 583. The molecule has 122 valence electrons. The number of aryl methyl sites for hydroxylation is 1. The van der Waals surface area contributed by atoms with E-state index in [2.05, 4.69) is 23.7 Å². The smallest absolute Gasteiger partial charge is 0.329 e. The molecule has 2 rings (SSSR count). The molecule has 22 heavy (non-hydrogen) atoms. The molecule has 1 amide bonds. The van der Waals surface area contributed by atoms with E-state index in [0.29, 0.717) is 18.8 Å². The zero-order valence-corrected chi connectivity index (χ0v) is 13.6. The van der Waals surface area contributed by atoms with Gasteiger partial charge in [-0.25, -0.2) is 4.79 Å². The zero-order valence-electron chi connectivity index (χ0n) is 13.6. The summed E-state index contributed by atoms with van der Waals surface area (Å²) in [6.07, 6.45) is 0.577. The molecule has 0 unspecified atom stereocenters. The molecular weight excluding hydrogens is 284 g/mol. The van der Waals surface area contributed by atoms with Crippen LogP contribution in [0.15, 0.2) is 6.07 Å². The number of nitrogens with zero attached hydrogens (tertiary/aromatic N) is 1. The summed E-state index contributed by atoms with van der Waals surface area (Å²) in [6, 6.07) is 2.07. The maximum atomic E-state index is 12.6. The molecule has 2 heterocycles. The van der Waals surface area contributed by atoms with Gasteiger partial charge in [-0.05, 0) is 33.8 Å². The Kier molecular flexibility index (Phi) is 4.60. The number of rotatable bonds is 4. The van der Waals surface area contributed by atoms with Gasteiger partial charge in [-0.15, -0.1) is 0 Å². The third-order valence-electron chi connectivity index (χ3n) is 4.35. The maximum absolute atomic E-state index is 12.6. The van der Waals surface area contributed by atoms with Gasteiger partial charge in [0.15, 0.2) is 0 Å². The van der Waals surface area contributed by atoms with E-state index < -0.39 is 11.5 Å². The predicted octanol–water partition coefficient (Wildman–Crippen LogP) is 2.05. The number of ether oxygens (including phenoxy) is 1. The molecule has 0 aliphatic carbocycles. The summed E-state index contributed by atoms with van der Waals surface area (Å²) in [7, 11) is 0. The molecule has 1 aromatic rings. The second-order valence-corrected chi connectivity index (χ2v) is 6.20. The fraction of sp³-hybridized carbons (Fsp3) is 0.625. The van der Waals surface area contributed by atoms with Gasteiger partial charge in [-0.3, -0.25) is 4.79 Å². The first-order valence-corrected chi connectivity index (χ1v) is 7.60. The van der Waals surface area contributed by atoms with Crippen molar-refractivity contribution in [1.82, 2.24) is 9.88 Å². The molecule has 1 fully saturated rings. The molecule has 0 saturated carbocycles. The molecular formula is C16H24N2O4. The van der Waals surface area contributed by atoms with Gasteiger partial charge < -0.3 is 19.7 Å². The molecule has 0 spiro atoms. The average molecular weight is 308 g/mol. The highest BCUT2D eigenvalue weighted by atomic mass is 16.5. The van der Waals surface area contributed by atoms with Gasteiger partial charge in [-0.2, -0.15) is 0 Å². The van der Waals surface area contributed by atoms with E-state index >= 15 is 0 Å². The van der Waals surface area contributed by atoms with E-state index in [4.69, 9.17) is 4.74 Å². The molecule has 2 N–H and O–H groups in total. The zero-order chi connectivity index (χ0) is 16.5. The van der Waals surface area contributed by atoms with Crippen molar-refractivity contribution in [1.29, 1.82) is 0 Å². The molecule has 1 saturated heterocycles. The van der Waals surface area contributed by atoms with Crippen molar-refractivity contribution in [2.75, 3.05) is 13.2 Å². The highest BCUT2D eigenvalue weighted by Crippen LogP contribution is 2.24. The Balaban J connectivity index is 2.28. The largest absolute Gasteiger partial charge is 0.480 e. The van der Waals surface area contributed by atoms with Gasteiger partial charge >= 0.3 is 5.97 Å². The first kappa shape index (κ1) is 16.5. The molecule has 0 atom stereocenters. The molecule has 1 aromatic heterocycles. The first-order chi connectivity index (χ1) is 10.3. The summed E-state index contributed by atoms with van der Waals surface area (Å²) in [5.41, 5.74) is 1.17. The summed E-state index contributed by atoms with van der Waals surface area (Å²) in [4.78, 5) is 24.2. The first-order valence-electron chi connectivity index (χ1n) is 7.60. The van der Waals surface area contributed by atoms with Crippen LogP contribution in [0.25, 0.3) is 0 Å². The number of carboxylic acids is 1. The Morgan fingerprint density at radius 1 is 1.32 bits per heavy atom. The lowest BCUT2D eigenvalue weighted by atomic mass is 9.89. The van der Waals surface area contributed by atoms with Crippen LogP contribution in [-0.2, 0) is 9.53 Å². The number of carbonyl (C=O) groups excluding carboxylic acids is 1. The van der Waals surface area contributed by atoms with Gasteiger partial charge in [-0.1, -0.05) is 0 Å². The molecule has 6 heteroatoms. The normalized spacial score (nSPS) is 17.5. The summed E-state index contributed by atoms with van der Waals surface area (Å²) in [6.45, 7) is 8.64. The topological polar surface area (TPSA) is 80.6 Å². The van der Waals surface area contributed by atoms with E-state index in [1.807, 2.05) is 19.9 Å². The van der Waals surface area contributed by atoms with Gasteiger partial charge in [0, 0.05) is 43.5 Å². The van der Waals surface area contributed by atoms with E-state index in [1.54, 1.807) is 0 Å². The van der Waals surface area contributed by atoms with Crippen LogP contribution in [-0.4, -0.2) is 40.3 Å². The van der Waals surface area contributed by atoms with Crippen LogP contribution in [0.5, 0.6) is 0 Å². The minimum Gasteiger partial charge on any atom is -0.480 e. The SMILES string of the molecule is Cc1cc(C(=O)NC2(C(=O)O)CCOCC2)c(C)n1C(C)C. The van der Waals surface area contributed by atoms with Crippen molar-refractivity contribution in [3.63, 3.8) is 0 Å². The highest BCUT2D eigenvalue weighted by Gasteiger charge is 2.42. The number of aliphatic carboxylic acids is 1. The Hall–Kier alpha value is -1.82. The second-order valence-electron chi connectivity index (χ2n) is 6.20. The fourth-order valence-electron chi connectivity index (χ4n) is 3.20. The lowest BCUT2D eigenvalue weighted by Gasteiger charge is -2.33. The Labute approximate surface area is 130 Å². The number of carboxylic acid groups (broad SMARTS) is 1. The number of hydrogen-bond acceptors (Lipinski definition) is 3. The van der Waals surface area contributed by atoms with Crippen LogP contribution >= 0.6 is 0 Å². The molecule has 1 aliphatic rings. The van der Waals surface area contributed by atoms with Crippen LogP contribution < -0.4 is 5.32 Å². The van der Waals surface area contributed by atoms with E-state index in [0.717, 1.165) is 11.4 Å². The standard InChI is InChI=1S/C16H24N2O4/c1-10(2)18-11(3)9-13(12(18)4)14(19)17-16(15(20)21)5-7-22-8-6-16/h9-10H,5-8H2,1-4H3,(H,17,19)(H,20,21). The van der Waals surface area contributed by atoms with Crippen molar-refractivity contribution in [2.45, 2.75) is 52.1 Å².